The summed E-state index contributed by atoms with van der Waals surface area (Å²) in [5.74, 6) is 0.312. The minimum absolute atomic E-state index is 0.0183. The third kappa shape index (κ3) is 9.68. The van der Waals surface area contributed by atoms with E-state index in [0.717, 1.165) is 16.5 Å². The first kappa shape index (κ1) is 51.3. The molecule has 0 saturated carbocycles. The van der Waals surface area contributed by atoms with Crippen molar-refractivity contribution in [2.75, 3.05) is 40.4 Å². The van der Waals surface area contributed by atoms with Crippen molar-refractivity contribution in [1.29, 1.82) is 0 Å². The second-order valence-electron chi connectivity index (χ2n) is 19.4. The number of aldehydes is 1. The molecule has 3 aromatic carbocycles. The number of aryl methyl sites for hydroxylation is 1. The van der Waals surface area contributed by atoms with Crippen molar-refractivity contribution in [3.63, 3.8) is 0 Å². The molecule has 3 aliphatic rings. The van der Waals surface area contributed by atoms with Crippen LogP contribution in [0.25, 0.3) is 39.4 Å². The third-order valence-corrected chi connectivity index (χ3v) is 14.5. The number of carbonyl (C=O) groups excluding carboxylic acids is 4. The molecule has 6 aromatic rings. The largest absolute Gasteiger partial charge is 0.508 e. The van der Waals surface area contributed by atoms with Crippen LogP contribution in [0.2, 0.25) is 0 Å². The first-order chi connectivity index (χ1) is 35.7. The number of ether oxygens (including phenoxy) is 4. The van der Waals surface area contributed by atoms with Gasteiger partial charge in [-0.25, -0.2) is 9.78 Å². The highest BCUT2D eigenvalue weighted by Gasteiger charge is 2.37. The number of nitrogens with zero attached hydrogens (tertiary/aromatic N) is 7. The average molecular weight is 1010 g/mol. The van der Waals surface area contributed by atoms with Gasteiger partial charge >= 0.3 is 6.09 Å². The van der Waals surface area contributed by atoms with Crippen LogP contribution in [0, 0.1) is 5.92 Å². The summed E-state index contributed by atoms with van der Waals surface area (Å²) >= 11 is 0. The van der Waals surface area contributed by atoms with Gasteiger partial charge in [0.1, 0.15) is 35.2 Å². The van der Waals surface area contributed by atoms with Crippen molar-refractivity contribution in [1.82, 2.24) is 39.4 Å². The van der Waals surface area contributed by atoms with Crippen molar-refractivity contribution in [3.05, 3.63) is 105 Å². The minimum atomic E-state index is -0.940. The van der Waals surface area contributed by atoms with E-state index in [9.17, 15) is 34.2 Å². The Bertz CT molecular complexity index is 3200. The van der Waals surface area contributed by atoms with Crippen LogP contribution in [0.3, 0.4) is 0 Å². The van der Waals surface area contributed by atoms with E-state index in [1.165, 1.54) is 20.3 Å². The lowest BCUT2D eigenvalue weighted by Crippen LogP contribution is -2.51. The zero-order valence-electron chi connectivity index (χ0n) is 42.7. The molecule has 0 radical (unpaired) electrons. The Morgan fingerprint density at radius 2 is 1.64 bits per heavy atom. The summed E-state index contributed by atoms with van der Waals surface area (Å²) in [6.45, 7) is 11.7. The summed E-state index contributed by atoms with van der Waals surface area (Å²) in [5.41, 5.74) is 5.78. The normalized spacial score (nSPS) is 17.0. The maximum atomic E-state index is 13.9. The molecule has 19 nitrogen and oxygen atoms in total. The zero-order chi connectivity index (χ0) is 52.5. The first-order valence-electron chi connectivity index (χ1n) is 25.2. The number of amides is 3. The lowest BCUT2D eigenvalue weighted by atomic mass is 9.90. The highest BCUT2D eigenvalue weighted by molar-refractivity contribution is 5.92. The van der Waals surface area contributed by atoms with E-state index in [1.54, 1.807) is 69.5 Å². The maximum absolute atomic E-state index is 13.9. The van der Waals surface area contributed by atoms with Crippen molar-refractivity contribution in [2.45, 2.75) is 104 Å². The predicted molar refractivity (Wildman–Crippen MR) is 274 cm³/mol. The van der Waals surface area contributed by atoms with Gasteiger partial charge in [0.25, 0.3) is 11.5 Å². The number of carbonyl (C=O) groups is 4. The van der Waals surface area contributed by atoms with Crippen molar-refractivity contribution in [3.8, 4) is 51.5 Å². The molecule has 74 heavy (non-hydrogen) atoms. The van der Waals surface area contributed by atoms with Gasteiger partial charge in [-0.15, -0.1) is 10.2 Å². The molecule has 2 saturated heterocycles. The number of phenolic OH excluding ortho intramolecular Hbond substituents is 2. The number of nitrogens with one attached hydrogen (secondary N) is 1. The van der Waals surface area contributed by atoms with E-state index in [2.05, 4.69) is 15.5 Å². The first-order valence-corrected chi connectivity index (χ1v) is 25.2. The number of aromatic nitrogens is 5. The molecule has 2 fully saturated rings. The zero-order valence-corrected chi connectivity index (χ0v) is 42.7. The highest BCUT2D eigenvalue weighted by atomic mass is 16.6. The second-order valence-corrected chi connectivity index (χ2v) is 19.4. The molecule has 19 heteroatoms. The number of piperidine rings is 2. The van der Waals surface area contributed by atoms with Crippen LogP contribution in [0.4, 0.5) is 4.79 Å². The SMILES string of the molecule is CCNC(=O)c1nnc(-c2cc(C(C)C)c(O)cc2O)n1-c1ccc(OC2CCN(C(=O)C3CCN(C(=O)Oc4ccc5nc6c(c(CC)c5c4)Cn4c-6cc(C(C=O)OC)c(COC)c4=O)C(C)C3)CC2)cc1. The Labute approximate surface area is 428 Å². The number of aromatic hydroxyl groups is 2. The lowest BCUT2D eigenvalue weighted by Gasteiger charge is -2.39. The van der Waals surface area contributed by atoms with E-state index in [4.69, 9.17) is 23.9 Å². The fourth-order valence-electron chi connectivity index (χ4n) is 10.7. The Kier molecular flexibility index (Phi) is 14.9. The third-order valence-electron chi connectivity index (χ3n) is 14.5. The number of methoxy groups -OCH3 is 2. The molecule has 3 aliphatic heterocycles. The number of likely N-dealkylation sites (tertiary alicyclic amines) is 2. The minimum Gasteiger partial charge on any atom is -0.508 e. The lowest BCUT2D eigenvalue weighted by molar-refractivity contribution is -0.139. The molecule has 3 amide bonds. The predicted octanol–water partition coefficient (Wildman–Crippen LogP) is 7.22. The van der Waals surface area contributed by atoms with Gasteiger partial charge in [-0.3, -0.25) is 19.0 Å². The van der Waals surface area contributed by atoms with Crippen LogP contribution < -0.4 is 20.3 Å². The summed E-state index contributed by atoms with van der Waals surface area (Å²) in [6.07, 6.45) is 1.97. The molecule has 9 rings (SSSR count). The standard InChI is InChI=1S/C55H62N8O11/c1-8-37-39-23-36(14-15-44(39)57-49-42(37)27-62-45(49)25-40(48(28-64)72-7)43(29-71-6)54(62)69)74-55(70)61-21-16-32(22-31(61)5)53(68)60-19-17-35(18-20-60)73-34-12-10-33(11-13-34)63-50(58-59-51(63)52(67)56-9-2)41-24-38(30(3)4)46(65)26-47(41)66/h10-15,23-26,28,30-32,35,48,65-66H,8-9,16-22,27,29H2,1-7H3,(H,56,67). The smallest absolute Gasteiger partial charge is 0.415 e. The molecule has 0 aliphatic carbocycles. The molecule has 3 unspecified atom stereocenters. The molecule has 388 valence electrons. The number of hydrogen-bond acceptors (Lipinski definition) is 14. The summed E-state index contributed by atoms with van der Waals surface area (Å²) in [4.78, 5) is 75.2. The van der Waals surface area contributed by atoms with Gasteiger partial charge in [0.2, 0.25) is 11.7 Å². The summed E-state index contributed by atoms with van der Waals surface area (Å²) in [5, 5.41) is 33.5. The number of benzene rings is 3. The van der Waals surface area contributed by atoms with Gasteiger partial charge in [0, 0.05) is 99.0 Å². The summed E-state index contributed by atoms with van der Waals surface area (Å²) in [6, 6.07) is 17.0. The molecule has 3 N–H and O–H groups in total. The Morgan fingerprint density at radius 1 is 0.892 bits per heavy atom. The summed E-state index contributed by atoms with van der Waals surface area (Å²) in [7, 11) is 2.91. The van der Waals surface area contributed by atoms with E-state index in [1.807, 2.05) is 38.7 Å². The second kappa shape index (κ2) is 21.4. The fraction of sp³-hybridized carbons (Fsp3) is 0.418. The van der Waals surface area contributed by atoms with Gasteiger partial charge in [0.15, 0.2) is 12.1 Å². The van der Waals surface area contributed by atoms with Crippen LogP contribution in [0.1, 0.15) is 111 Å². The summed E-state index contributed by atoms with van der Waals surface area (Å²) < 4.78 is 26.4. The molecule has 3 aromatic heterocycles. The molecule has 3 atom stereocenters. The molecule has 6 heterocycles. The van der Waals surface area contributed by atoms with E-state index in [0.29, 0.717) is 121 Å². The number of rotatable bonds is 15. The van der Waals surface area contributed by atoms with Crippen molar-refractivity contribution < 1.29 is 48.3 Å². The highest BCUT2D eigenvalue weighted by Crippen LogP contribution is 2.40. The fourth-order valence-corrected chi connectivity index (χ4v) is 10.7. The Balaban J connectivity index is 0.813. The van der Waals surface area contributed by atoms with E-state index < -0.39 is 18.1 Å². The van der Waals surface area contributed by atoms with Crippen molar-refractivity contribution >= 4 is 35.1 Å². The van der Waals surface area contributed by atoms with Gasteiger partial charge < -0.3 is 53.6 Å². The number of hydrogen-bond donors (Lipinski definition) is 3. The van der Waals surface area contributed by atoms with Crippen LogP contribution in [0.5, 0.6) is 23.0 Å². The van der Waals surface area contributed by atoms with Gasteiger partial charge in [-0.2, -0.15) is 0 Å². The number of fused-ring (bicyclic) bond motifs is 4. The van der Waals surface area contributed by atoms with E-state index in [-0.39, 0.29) is 71.7 Å². The molecule has 0 spiro atoms. The molecule has 0 bridgehead atoms. The van der Waals surface area contributed by atoms with Gasteiger partial charge in [0.05, 0.1) is 35.6 Å². The van der Waals surface area contributed by atoms with Crippen LogP contribution in [-0.4, -0.2) is 121 Å². The van der Waals surface area contributed by atoms with Crippen molar-refractivity contribution in [2.24, 2.45) is 5.92 Å². The van der Waals surface area contributed by atoms with Gasteiger partial charge in [-0.05, 0) is 105 Å². The molecular weight excluding hydrogens is 949 g/mol. The number of phenols is 2. The molecular formula is C55H62N8O11. The topological polar surface area (TPSA) is 230 Å². The maximum Gasteiger partial charge on any atom is 0.415 e. The van der Waals surface area contributed by atoms with Crippen LogP contribution >= 0.6 is 0 Å². The van der Waals surface area contributed by atoms with Crippen LogP contribution in [0.15, 0.2) is 65.5 Å². The van der Waals surface area contributed by atoms with Crippen LogP contribution in [-0.2, 0) is 38.6 Å². The average Bonchev–Trinajstić information content (AvgIpc) is 3.99. The Hall–Kier alpha value is -7.64. The monoisotopic (exact) mass is 1010 g/mol. The van der Waals surface area contributed by atoms with Gasteiger partial charge in [-0.1, -0.05) is 20.8 Å². The Morgan fingerprint density at radius 3 is 2.30 bits per heavy atom. The van der Waals surface area contributed by atoms with E-state index >= 15 is 0 Å². The quantitative estimate of drug-likeness (QED) is 0.0862. The number of pyridine rings is 2.